The average Bonchev–Trinajstić information content (AvgIpc) is 3.37. The molecule has 0 radical (unpaired) electrons. The highest BCUT2D eigenvalue weighted by Crippen LogP contribution is 2.36. The molecule has 1 aliphatic heterocycles. The van der Waals surface area contributed by atoms with Gasteiger partial charge in [-0.05, 0) is 47.9 Å². The first-order chi connectivity index (χ1) is 19.0. The van der Waals surface area contributed by atoms with Gasteiger partial charge in [0, 0.05) is 22.6 Å². The van der Waals surface area contributed by atoms with Gasteiger partial charge in [0.1, 0.15) is 11.5 Å². The van der Waals surface area contributed by atoms with Crippen molar-refractivity contribution in [3.63, 3.8) is 0 Å². The lowest BCUT2D eigenvalue weighted by Crippen LogP contribution is -2.40. The average molecular weight is 556 g/mol. The molecule has 39 heavy (non-hydrogen) atoms. The number of imide groups is 1. The van der Waals surface area contributed by atoms with Gasteiger partial charge in [-0.3, -0.25) is 14.4 Å². The Bertz CT molecular complexity index is 1750. The van der Waals surface area contributed by atoms with E-state index in [-0.39, 0.29) is 23.5 Å². The number of benzene rings is 4. The van der Waals surface area contributed by atoms with Gasteiger partial charge in [-0.25, -0.2) is 9.88 Å². The number of methoxy groups -OCH3 is 2. The van der Waals surface area contributed by atoms with Gasteiger partial charge in [0.2, 0.25) is 5.91 Å². The molecule has 0 fully saturated rings. The zero-order valence-electron chi connectivity index (χ0n) is 20.9. The van der Waals surface area contributed by atoms with Gasteiger partial charge in [0.05, 0.1) is 41.6 Å². The topological polar surface area (TPSA) is 97.8 Å². The maximum atomic E-state index is 13.4. The second-order valence-corrected chi connectivity index (χ2v) is 10.9. The molecule has 0 saturated heterocycles. The minimum Gasteiger partial charge on any atom is -0.497 e. The van der Waals surface area contributed by atoms with Crippen LogP contribution < -0.4 is 19.7 Å². The molecule has 1 aliphatic rings. The fraction of sp³-hybridized carbons (Fsp3) is 0.103. The Kier molecular flexibility index (Phi) is 6.41. The van der Waals surface area contributed by atoms with Gasteiger partial charge >= 0.3 is 0 Å². The third-order valence-electron chi connectivity index (χ3n) is 6.39. The molecule has 3 amide bonds. The van der Waals surface area contributed by atoms with Crippen LogP contribution in [0.15, 0.2) is 77.1 Å². The van der Waals surface area contributed by atoms with Crippen LogP contribution in [0.4, 0.5) is 11.4 Å². The van der Waals surface area contributed by atoms with E-state index in [0.29, 0.717) is 43.7 Å². The first-order valence-electron chi connectivity index (χ1n) is 11.9. The number of anilines is 2. The highest BCUT2D eigenvalue weighted by Gasteiger charge is 2.34. The number of aromatic nitrogens is 1. The Labute approximate surface area is 231 Å². The fourth-order valence-electron chi connectivity index (χ4n) is 4.58. The normalized spacial score (nSPS) is 12.7. The second kappa shape index (κ2) is 10.0. The summed E-state index contributed by atoms with van der Waals surface area (Å²) in [7, 11) is 3.09. The number of thioether (sulfide) groups is 1. The van der Waals surface area contributed by atoms with Crippen molar-refractivity contribution in [2.24, 2.45) is 0 Å². The summed E-state index contributed by atoms with van der Waals surface area (Å²) in [5.74, 6) is 0.342. The molecular formula is C29H21N3O5S2. The van der Waals surface area contributed by atoms with Gasteiger partial charge in [-0.1, -0.05) is 36.0 Å². The molecular weight excluding hydrogens is 534 g/mol. The molecule has 10 heteroatoms. The van der Waals surface area contributed by atoms with E-state index < -0.39 is 0 Å². The number of nitrogens with one attached hydrogen (secondary N) is 1. The van der Waals surface area contributed by atoms with Crippen molar-refractivity contribution in [3.05, 3.63) is 83.9 Å². The fourth-order valence-corrected chi connectivity index (χ4v) is 6.48. The minimum absolute atomic E-state index is 0.136. The van der Waals surface area contributed by atoms with Crippen LogP contribution in [0.1, 0.15) is 20.7 Å². The maximum Gasteiger partial charge on any atom is 0.265 e. The third kappa shape index (κ3) is 4.47. The molecule has 0 unspecified atom stereocenters. The SMILES string of the molecule is COc1ccc(OC)c(NC(=O)CSc2nc3ccc(N4C(=O)c5cccc6cccc(c56)C4=O)cc3s2)c1. The number of ether oxygens (including phenoxy) is 2. The molecule has 2 heterocycles. The van der Waals surface area contributed by atoms with Crippen molar-refractivity contribution in [2.45, 2.75) is 4.34 Å². The standard InChI is InChI=1S/C29H21N3O5S2/c1-36-18-10-12-23(37-2)22(14-18)30-25(33)15-38-29-31-21-11-9-17(13-24(21)39-29)32-27(34)19-7-3-5-16-6-4-8-20(26(16)19)28(32)35/h3-14H,15H2,1-2H3,(H,30,33). The van der Waals surface area contributed by atoms with E-state index in [1.54, 1.807) is 55.6 Å². The van der Waals surface area contributed by atoms with E-state index in [1.165, 1.54) is 35.1 Å². The second-order valence-electron chi connectivity index (χ2n) is 8.69. The summed E-state index contributed by atoms with van der Waals surface area (Å²) in [6, 6.07) is 21.4. The zero-order valence-corrected chi connectivity index (χ0v) is 22.5. The Morgan fingerprint density at radius 3 is 2.38 bits per heavy atom. The van der Waals surface area contributed by atoms with Crippen molar-refractivity contribution in [3.8, 4) is 11.5 Å². The van der Waals surface area contributed by atoms with E-state index in [1.807, 2.05) is 24.3 Å². The molecule has 0 bridgehead atoms. The van der Waals surface area contributed by atoms with Crippen LogP contribution in [0.25, 0.3) is 21.0 Å². The number of nitrogens with zero attached hydrogens (tertiary/aromatic N) is 2. The van der Waals surface area contributed by atoms with Gasteiger partial charge in [0.25, 0.3) is 11.8 Å². The molecule has 1 N–H and O–H groups in total. The predicted octanol–water partition coefficient (Wildman–Crippen LogP) is 6.00. The highest BCUT2D eigenvalue weighted by atomic mass is 32.2. The largest absolute Gasteiger partial charge is 0.497 e. The van der Waals surface area contributed by atoms with Gasteiger partial charge in [-0.15, -0.1) is 11.3 Å². The summed E-state index contributed by atoms with van der Waals surface area (Å²) in [6.45, 7) is 0. The number of carbonyl (C=O) groups is 3. The van der Waals surface area contributed by atoms with Crippen LogP contribution in [0, 0.1) is 0 Å². The Hall–Kier alpha value is -4.41. The summed E-state index contributed by atoms with van der Waals surface area (Å²) in [5.41, 5.74) is 2.72. The molecule has 0 aliphatic carbocycles. The van der Waals surface area contributed by atoms with Gasteiger partial charge in [0.15, 0.2) is 4.34 Å². The van der Waals surface area contributed by atoms with Crippen molar-refractivity contribution in [1.29, 1.82) is 0 Å². The number of fused-ring (bicyclic) bond motifs is 1. The van der Waals surface area contributed by atoms with Crippen LogP contribution in [0.3, 0.4) is 0 Å². The quantitative estimate of drug-likeness (QED) is 0.194. The van der Waals surface area contributed by atoms with Crippen LogP contribution in [0.5, 0.6) is 11.5 Å². The number of rotatable bonds is 7. The lowest BCUT2D eigenvalue weighted by Gasteiger charge is -2.27. The molecule has 0 spiro atoms. The molecule has 6 rings (SSSR count). The third-order valence-corrected chi connectivity index (χ3v) is 8.55. The van der Waals surface area contributed by atoms with Crippen molar-refractivity contribution < 1.29 is 23.9 Å². The first kappa shape index (κ1) is 24.9. The van der Waals surface area contributed by atoms with E-state index in [2.05, 4.69) is 10.3 Å². The Morgan fingerprint density at radius 2 is 1.69 bits per heavy atom. The Morgan fingerprint density at radius 1 is 0.949 bits per heavy atom. The summed E-state index contributed by atoms with van der Waals surface area (Å²) >= 11 is 2.70. The Balaban J connectivity index is 1.21. The molecule has 0 saturated carbocycles. The van der Waals surface area contributed by atoms with Crippen LogP contribution >= 0.6 is 23.1 Å². The number of amides is 3. The minimum atomic E-state index is -0.354. The number of thiazole rings is 1. The van der Waals surface area contributed by atoms with E-state index >= 15 is 0 Å². The number of hydrogen-bond acceptors (Lipinski definition) is 8. The first-order valence-corrected chi connectivity index (χ1v) is 13.7. The van der Waals surface area contributed by atoms with Gasteiger partial charge < -0.3 is 14.8 Å². The van der Waals surface area contributed by atoms with Crippen molar-refractivity contribution in [1.82, 2.24) is 4.98 Å². The molecule has 1 aromatic heterocycles. The van der Waals surface area contributed by atoms with Crippen molar-refractivity contribution >= 4 is 73.2 Å². The monoisotopic (exact) mass is 555 g/mol. The maximum absolute atomic E-state index is 13.4. The molecule has 5 aromatic rings. The highest BCUT2D eigenvalue weighted by molar-refractivity contribution is 8.01. The van der Waals surface area contributed by atoms with E-state index in [4.69, 9.17) is 9.47 Å². The van der Waals surface area contributed by atoms with Crippen LogP contribution in [-0.2, 0) is 4.79 Å². The lowest BCUT2D eigenvalue weighted by atomic mass is 9.94. The van der Waals surface area contributed by atoms with E-state index in [0.717, 1.165) is 15.6 Å². The molecule has 194 valence electrons. The summed E-state index contributed by atoms with van der Waals surface area (Å²) < 4.78 is 12.1. The van der Waals surface area contributed by atoms with Gasteiger partial charge in [-0.2, -0.15) is 0 Å². The van der Waals surface area contributed by atoms with Crippen LogP contribution in [0.2, 0.25) is 0 Å². The zero-order chi connectivity index (χ0) is 27.1. The van der Waals surface area contributed by atoms with E-state index in [9.17, 15) is 14.4 Å². The van der Waals surface area contributed by atoms with Crippen LogP contribution in [-0.4, -0.2) is 42.7 Å². The predicted molar refractivity (Wildman–Crippen MR) is 154 cm³/mol. The number of hydrogen-bond donors (Lipinski definition) is 1. The molecule has 8 nitrogen and oxygen atoms in total. The molecule has 4 aromatic carbocycles. The molecule has 0 atom stereocenters. The van der Waals surface area contributed by atoms with Crippen molar-refractivity contribution in [2.75, 3.05) is 30.2 Å². The summed E-state index contributed by atoms with van der Waals surface area (Å²) in [5, 5.41) is 4.40. The summed E-state index contributed by atoms with van der Waals surface area (Å²) in [4.78, 5) is 45.3. The lowest BCUT2D eigenvalue weighted by molar-refractivity contribution is -0.113. The summed E-state index contributed by atoms with van der Waals surface area (Å²) in [6.07, 6.45) is 0. The smallest absolute Gasteiger partial charge is 0.265 e. The number of carbonyl (C=O) groups excluding carboxylic acids is 3.